The van der Waals surface area contributed by atoms with Crippen molar-refractivity contribution in [3.8, 4) is 0 Å². The van der Waals surface area contributed by atoms with E-state index in [9.17, 15) is 9.90 Å². The summed E-state index contributed by atoms with van der Waals surface area (Å²) in [5, 5.41) is 11.7. The summed E-state index contributed by atoms with van der Waals surface area (Å²) in [7, 11) is 0. The lowest BCUT2D eigenvalue weighted by molar-refractivity contribution is -0.130. The zero-order valence-electron chi connectivity index (χ0n) is 11.5. The maximum Gasteiger partial charge on any atom is 0.238 e. The monoisotopic (exact) mass is 297 g/mol. The summed E-state index contributed by atoms with van der Waals surface area (Å²) in [4.78, 5) is 11.6. The number of nitrogens with one attached hydrogen (secondary N) is 1. The summed E-state index contributed by atoms with van der Waals surface area (Å²) in [6.07, 6.45) is 1.30. The fourth-order valence-corrected chi connectivity index (χ4v) is 2.40. The number of hydrogen-bond donors (Lipinski definition) is 2. The summed E-state index contributed by atoms with van der Waals surface area (Å²) < 4.78 is 5.77. The largest absolute Gasteiger partial charge is 0.394 e. The van der Waals surface area contributed by atoms with Crippen molar-refractivity contribution in [3.63, 3.8) is 0 Å². The second-order valence-corrected chi connectivity index (χ2v) is 6.03. The summed E-state index contributed by atoms with van der Waals surface area (Å²) in [5.41, 5.74) is 0.550. The van der Waals surface area contributed by atoms with Crippen LogP contribution < -0.4 is 5.32 Å². The quantitative estimate of drug-likeness (QED) is 0.788. The van der Waals surface area contributed by atoms with Gasteiger partial charge >= 0.3 is 0 Å². The molecule has 1 aliphatic rings. The smallest absolute Gasteiger partial charge is 0.238 e. The van der Waals surface area contributed by atoms with Crippen molar-refractivity contribution in [1.29, 1.82) is 0 Å². The van der Waals surface area contributed by atoms with E-state index in [1.54, 1.807) is 6.92 Å². The minimum absolute atomic E-state index is 0.0632. The first-order valence-electron chi connectivity index (χ1n) is 6.77. The van der Waals surface area contributed by atoms with Crippen molar-refractivity contribution >= 4 is 17.5 Å². The van der Waals surface area contributed by atoms with Gasteiger partial charge in [0.25, 0.3) is 0 Å². The highest BCUT2D eigenvalue weighted by atomic mass is 35.5. The van der Waals surface area contributed by atoms with Crippen molar-refractivity contribution in [2.45, 2.75) is 43.4 Å². The van der Waals surface area contributed by atoms with Crippen LogP contribution in [0.25, 0.3) is 0 Å². The number of amides is 1. The molecular weight excluding hydrogens is 278 g/mol. The normalized spacial score (nSPS) is 26.6. The highest BCUT2D eigenvalue weighted by molar-refractivity contribution is 6.30. The van der Waals surface area contributed by atoms with Crippen LogP contribution in [0.3, 0.4) is 0 Å². The molecule has 1 amide bonds. The Kier molecular flexibility index (Phi) is 5.02. The molecule has 1 aromatic rings. The molecule has 0 spiro atoms. The predicted molar refractivity (Wildman–Crippen MR) is 77.5 cm³/mol. The standard InChI is InChI=1S/C15H20ClNO3/c1-11(16)14(19)17-15(10-18)7-13(8-15)20-9-12-5-3-2-4-6-12/h2-6,11,13,18H,7-10H2,1H3,(H,17,19). The molecule has 1 unspecified atom stereocenters. The van der Waals surface area contributed by atoms with Gasteiger partial charge < -0.3 is 15.2 Å². The van der Waals surface area contributed by atoms with E-state index in [0.29, 0.717) is 19.4 Å². The number of alkyl halides is 1. The van der Waals surface area contributed by atoms with Crippen molar-refractivity contribution in [2.24, 2.45) is 0 Å². The van der Waals surface area contributed by atoms with Crippen LogP contribution in [0.4, 0.5) is 0 Å². The van der Waals surface area contributed by atoms with Gasteiger partial charge in [0.05, 0.1) is 24.9 Å². The molecule has 1 aromatic carbocycles. The van der Waals surface area contributed by atoms with Crippen LogP contribution in [0.5, 0.6) is 0 Å². The van der Waals surface area contributed by atoms with Crippen molar-refractivity contribution in [3.05, 3.63) is 35.9 Å². The van der Waals surface area contributed by atoms with Gasteiger partial charge in [0.1, 0.15) is 5.38 Å². The Balaban J connectivity index is 1.78. The topological polar surface area (TPSA) is 58.6 Å². The van der Waals surface area contributed by atoms with E-state index in [0.717, 1.165) is 5.56 Å². The average molecular weight is 298 g/mol. The molecule has 0 heterocycles. The molecule has 0 radical (unpaired) electrons. The molecule has 0 aromatic heterocycles. The minimum atomic E-state index is -0.595. The lowest BCUT2D eigenvalue weighted by Crippen LogP contribution is -2.63. The van der Waals surface area contributed by atoms with Gasteiger partial charge in [-0.05, 0) is 25.3 Å². The molecule has 110 valence electrons. The van der Waals surface area contributed by atoms with E-state index in [2.05, 4.69) is 5.32 Å². The Morgan fingerprint density at radius 3 is 2.70 bits per heavy atom. The zero-order chi connectivity index (χ0) is 14.6. The summed E-state index contributed by atoms with van der Waals surface area (Å²) in [6, 6.07) is 9.93. The second kappa shape index (κ2) is 6.57. The molecule has 2 rings (SSSR count). The number of hydrogen-bond acceptors (Lipinski definition) is 3. The summed E-state index contributed by atoms with van der Waals surface area (Å²) >= 11 is 5.72. The van der Waals surface area contributed by atoms with Crippen LogP contribution in [0.2, 0.25) is 0 Å². The van der Waals surface area contributed by atoms with E-state index < -0.39 is 10.9 Å². The number of benzene rings is 1. The molecular formula is C15H20ClNO3. The molecule has 1 saturated carbocycles. The van der Waals surface area contributed by atoms with Gasteiger partial charge in [-0.1, -0.05) is 30.3 Å². The molecule has 2 N–H and O–H groups in total. The first-order valence-corrected chi connectivity index (χ1v) is 7.21. The molecule has 0 saturated heterocycles. The Bertz CT molecular complexity index is 444. The molecule has 20 heavy (non-hydrogen) atoms. The SMILES string of the molecule is CC(Cl)C(=O)NC1(CO)CC(OCc2ccccc2)C1. The average Bonchev–Trinajstić information content (AvgIpc) is 2.41. The first-order chi connectivity index (χ1) is 9.54. The number of aliphatic hydroxyl groups excluding tert-OH is 1. The number of aliphatic hydroxyl groups is 1. The third kappa shape index (κ3) is 3.72. The molecule has 4 nitrogen and oxygen atoms in total. The van der Waals surface area contributed by atoms with Crippen LogP contribution in [-0.4, -0.2) is 34.6 Å². The maximum atomic E-state index is 11.6. The van der Waals surface area contributed by atoms with Gasteiger partial charge in [-0.3, -0.25) is 4.79 Å². The van der Waals surface area contributed by atoms with Crippen LogP contribution in [-0.2, 0) is 16.1 Å². The number of halogens is 1. The van der Waals surface area contributed by atoms with Crippen LogP contribution >= 0.6 is 11.6 Å². The number of carbonyl (C=O) groups excluding carboxylic acids is 1. The molecule has 1 fully saturated rings. The van der Waals surface area contributed by atoms with E-state index >= 15 is 0 Å². The third-order valence-corrected chi connectivity index (χ3v) is 3.82. The predicted octanol–water partition coefficient (Wildman–Crippen LogP) is 1.84. The Morgan fingerprint density at radius 1 is 1.50 bits per heavy atom. The van der Waals surface area contributed by atoms with Gasteiger partial charge in [0.2, 0.25) is 5.91 Å². The first kappa shape index (κ1) is 15.3. The molecule has 1 aliphatic carbocycles. The van der Waals surface area contributed by atoms with Crippen LogP contribution in [0.1, 0.15) is 25.3 Å². The van der Waals surface area contributed by atoms with Crippen molar-refractivity contribution < 1.29 is 14.6 Å². The zero-order valence-corrected chi connectivity index (χ0v) is 12.3. The van der Waals surface area contributed by atoms with Crippen molar-refractivity contribution in [1.82, 2.24) is 5.32 Å². The van der Waals surface area contributed by atoms with Crippen LogP contribution in [0.15, 0.2) is 30.3 Å². The lowest BCUT2D eigenvalue weighted by atomic mass is 9.74. The Labute approximate surface area is 124 Å². The second-order valence-electron chi connectivity index (χ2n) is 5.37. The molecule has 1 atom stereocenters. The summed E-state index contributed by atoms with van der Waals surface area (Å²) in [5.74, 6) is -0.248. The van der Waals surface area contributed by atoms with E-state index in [1.807, 2.05) is 30.3 Å². The Morgan fingerprint density at radius 2 is 2.15 bits per heavy atom. The number of rotatable bonds is 6. The third-order valence-electron chi connectivity index (χ3n) is 3.62. The van der Waals surface area contributed by atoms with Gasteiger partial charge in [0.15, 0.2) is 0 Å². The molecule has 0 aliphatic heterocycles. The van der Waals surface area contributed by atoms with E-state index in [-0.39, 0.29) is 18.6 Å². The van der Waals surface area contributed by atoms with Gasteiger partial charge in [-0.15, -0.1) is 11.6 Å². The number of ether oxygens (including phenoxy) is 1. The molecule has 5 heteroatoms. The summed E-state index contributed by atoms with van der Waals surface area (Å²) in [6.45, 7) is 2.07. The fourth-order valence-electron chi connectivity index (χ4n) is 2.35. The van der Waals surface area contributed by atoms with Gasteiger partial charge in [0, 0.05) is 0 Å². The highest BCUT2D eigenvalue weighted by Crippen LogP contribution is 2.35. The highest BCUT2D eigenvalue weighted by Gasteiger charge is 2.46. The number of carbonyl (C=O) groups is 1. The van der Waals surface area contributed by atoms with Gasteiger partial charge in [-0.2, -0.15) is 0 Å². The van der Waals surface area contributed by atoms with E-state index in [1.165, 1.54) is 0 Å². The molecule has 0 bridgehead atoms. The minimum Gasteiger partial charge on any atom is -0.394 e. The fraction of sp³-hybridized carbons (Fsp3) is 0.533. The lowest BCUT2D eigenvalue weighted by Gasteiger charge is -2.46. The Hall–Kier alpha value is -1.10. The maximum absolute atomic E-state index is 11.6. The van der Waals surface area contributed by atoms with E-state index in [4.69, 9.17) is 16.3 Å². The van der Waals surface area contributed by atoms with Crippen LogP contribution in [0, 0.1) is 0 Å². The van der Waals surface area contributed by atoms with Crippen molar-refractivity contribution in [2.75, 3.05) is 6.61 Å². The van der Waals surface area contributed by atoms with Gasteiger partial charge in [-0.25, -0.2) is 0 Å².